The van der Waals surface area contributed by atoms with Gasteiger partial charge in [0.25, 0.3) is 0 Å². The molecule has 0 unspecified atom stereocenters. The molecule has 1 saturated carbocycles. The smallest absolute Gasteiger partial charge is 0.120 e. The van der Waals surface area contributed by atoms with Gasteiger partial charge in [-0.2, -0.15) is 5.26 Å². The van der Waals surface area contributed by atoms with E-state index in [2.05, 4.69) is 6.07 Å². The lowest BCUT2D eigenvalue weighted by molar-refractivity contribution is 0.595. The van der Waals surface area contributed by atoms with E-state index in [1.54, 1.807) is 0 Å². The number of aryl methyl sites for hydroxylation is 1. The van der Waals surface area contributed by atoms with Gasteiger partial charge in [-0.15, -0.1) is 0 Å². The van der Waals surface area contributed by atoms with Crippen molar-refractivity contribution >= 4 is 0 Å². The van der Waals surface area contributed by atoms with Crippen LogP contribution in [0.15, 0.2) is 18.3 Å². The molecular formula is C10H12N2. The first-order chi connectivity index (χ1) is 5.90. The third-order valence-corrected chi connectivity index (χ3v) is 2.42. The second-order valence-electron chi connectivity index (χ2n) is 3.43. The fourth-order valence-corrected chi connectivity index (χ4v) is 1.44. The Hall–Kier alpha value is -1.23. The first-order valence-corrected chi connectivity index (χ1v) is 4.45. The van der Waals surface area contributed by atoms with E-state index in [0.717, 1.165) is 18.2 Å². The summed E-state index contributed by atoms with van der Waals surface area (Å²) in [6.07, 6.45) is 6.01. The zero-order chi connectivity index (χ0) is 8.39. The molecule has 2 heteroatoms. The van der Waals surface area contributed by atoms with E-state index in [4.69, 9.17) is 5.26 Å². The van der Waals surface area contributed by atoms with Gasteiger partial charge < -0.3 is 4.57 Å². The van der Waals surface area contributed by atoms with E-state index in [9.17, 15) is 0 Å². The van der Waals surface area contributed by atoms with E-state index in [1.165, 1.54) is 19.3 Å². The number of aromatic nitrogens is 1. The maximum absolute atomic E-state index is 8.72. The lowest BCUT2D eigenvalue weighted by Crippen LogP contribution is -1.99. The number of nitriles is 1. The Morgan fingerprint density at radius 2 is 2.42 bits per heavy atom. The van der Waals surface area contributed by atoms with Gasteiger partial charge in [-0.05, 0) is 24.5 Å². The number of hydrogen-bond acceptors (Lipinski definition) is 1. The molecule has 0 amide bonds. The second kappa shape index (κ2) is 3.02. The summed E-state index contributed by atoms with van der Waals surface area (Å²) in [5.74, 6) is 0.943. The second-order valence-corrected chi connectivity index (χ2v) is 3.43. The van der Waals surface area contributed by atoms with Gasteiger partial charge in [0.2, 0.25) is 0 Å². The number of nitrogens with zero attached hydrogens (tertiary/aromatic N) is 2. The normalized spacial score (nSPS) is 15.9. The highest BCUT2D eigenvalue weighted by Gasteiger charge is 2.20. The lowest BCUT2D eigenvalue weighted by atomic mass is 10.3. The monoisotopic (exact) mass is 160 g/mol. The minimum absolute atomic E-state index is 0.788. The summed E-state index contributed by atoms with van der Waals surface area (Å²) < 4.78 is 2.04. The van der Waals surface area contributed by atoms with Crippen LogP contribution in [0.3, 0.4) is 0 Å². The van der Waals surface area contributed by atoms with Gasteiger partial charge in [0.15, 0.2) is 0 Å². The van der Waals surface area contributed by atoms with E-state index >= 15 is 0 Å². The Balaban J connectivity index is 1.97. The van der Waals surface area contributed by atoms with Crippen molar-refractivity contribution in [3.05, 3.63) is 24.0 Å². The predicted octanol–water partition coefficient (Wildman–Crippen LogP) is 2.16. The fraction of sp³-hybridized carbons (Fsp3) is 0.500. The number of hydrogen-bond donors (Lipinski definition) is 0. The third kappa shape index (κ3) is 1.50. The van der Waals surface area contributed by atoms with Gasteiger partial charge in [-0.3, -0.25) is 0 Å². The van der Waals surface area contributed by atoms with E-state index in [0.29, 0.717) is 0 Å². The zero-order valence-corrected chi connectivity index (χ0v) is 7.03. The molecule has 0 aliphatic heterocycles. The van der Waals surface area contributed by atoms with Crippen LogP contribution in [-0.4, -0.2) is 4.57 Å². The molecule has 0 saturated heterocycles. The molecule has 2 nitrogen and oxygen atoms in total. The van der Waals surface area contributed by atoms with E-state index < -0.39 is 0 Å². The zero-order valence-electron chi connectivity index (χ0n) is 7.03. The van der Waals surface area contributed by atoms with Crippen molar-refractivity contribution in [2.45, 2.75) is 25.8 Å². The van der Waals surface area contributed by atoms with Gasteiger partial charge in [-0.25, -0.2) is 0 Å². The van der Waals surface area contributed by atoms with Gasteiger partial charge in [0, 0.05) is 12.7 Å². The van der Waals surface area contributed by atoms with Gasteiger partial charge in [0.05, 0.1) is 0 Å². The van der Waals surface area contributed by atoms with Crippen molar-refractivity contribution in [3.8, 4) is 6.07 Å². The maximum Gasteiger partial charge on any atom is 0.120 e. The minimum atomic E-state index is 0.788. The summed E-state index contributed by atoms with van der Waals surface area (Å²) in [6, 6.07) is 5.99. The van der Waals surface area contributed by atoms with Crippen LogP contribution >= 0.6 is 0 Å². The van der Waals surface area contributed by atoms with Crippen molar-refractivity contribution in [1.82, 2.24) is 4.57 Å². The van der Waals surface area contributed by atoms with Crippen LogP contribution in [0.4, 0.5) is 0 Å². The minimum Gasteiger partial charge on any atom is -0.339 e. The molecule has 12 heavy (non-hydrogen) atoms. The molecule has 1 fully saturated rings. The molecule has 0 spiro atoms. The highest BCUT2D eigenvalue weighted by molar-refractivity contribution is 5.21. The highest BCUT2D eigenvalue weighted by Crippen LogP contribution is 2.32. The van der Waals surface area contributed by atoms with Crippen LogP contribution in [-0.2, 0) is 6.54 Å². The van der Waals surface area contributed by atoms with Crippen LogP contribution in [0.25, 0.3) is 0 Å². The average molecular weight is 160 g/mol. The largest absolute Gasteiger partial charge is 0.339 e. The van der Waals surface area contributed by atoms with Crippen LogP contribution in [0.2, 0.25) is 0 Å². The van der Waals surface area contributed by atoms with Crippen molar-refractivity contribution in [2.75, 3.05) is 0 Å². The van der Waals surface area contributed by atoms with E-state index in [1.807, 2.05) is 22.9 Å². The van der Waals surface area contributed by atoms with Gasteiger partial charge in [0.1, 0.15) is 11.8 Å². The molecule has 1 aliphatic carbocycles. The van der Waals surface area contributed by atoms with E-state index in [-0.39, 0.29) is 0 Å². The Labute approximate surface area is 72.4 Å². The lowest BCUT2D eigenvalue weighted by Gasteiger charge is -2.02. The Morgan fingerprint density at radius 1 is 1.58 bits per heavy atom. The first kappa shape index (κ1) is 7.42. The molecule has 0 atom stereocenters. The summed E-state index contributed by atoms with van der Waals surface area (Å²) >= 11 is 0. The molecule has 0 radical (unpaired) electrons. The standard InChI is InChI=1S/C10H12N2/c11-8-10-2-1-6-12(10)7-5-9-3-4-9/h1-2,6,9H,3-5,7H2. The number of rotatable bonds is 3. The fourth-order valence-electron chi connectivity index (χ4n) is 1.44. The van der Waals surface area contributed by atoms with Gasteiger partial charge >= 0.3 is 0 Å². The molecular weight excluding hydrogens is 148 g/mol. The summed E-state index contributed by atoms with van der Waals surface area (Å²) in [5, 5.41) is 8.72. The first-order valence-electron chi connectivity index (χ1n) is 4.45. The molecule has 0 aromatic carbocycles. The highest BCUT2D eigenvalue weighted by atomic mass is 15.0. The molecule has 2 rings (SSSR count). The summed E-state index contributed by atoms with van der Waals surface area (Å²) in [6.45, 7) is 1.01. The van der Waals surface area contributed by atoms with Gasteiger partial charge in [-0.1, -0.05) is 12.8 Å². The van der Waals surface area contributed by atoms with Crippen LogP contribution in [0, 0.1) is 17.2 Å². The molecule has 1 heterocycles. The SMILES string of the molecule is N#Cc1cccn1CCC1CC1. The van der Waals surface area contributed by atoms with Crippen molar-refractivity contribution in [1.29, 1.82) is 5.26 Å². The Bertz CT molecular complexity index is 302. The molecule has 0 bridgehead atoms. The molecule has 62 valence electrons. The molecule has 1 aliphatic rings. The summed E-state index contributed by atoms with van der Waals surface area (Å²) in [7, 11) is 0. The topological polar surface area (TPSA) is 28.7 Å². The molecule has 1 aromatic rings. The quantitative estimate of drug-likeness (QED) is 0.666. The predicted molar refractivity (Wildman–Crippen MR) is 46.5 cm³/mol. The Morgan fingerprint density at radius 3 is 3.08 bits per heavy atom. The van der Waals surface area contributed by atoms with Crippen molar-refractivity contribution in [2.24, 2.45) is 5.92 Å². The van der Waals surface area contributed by atoms with Crippen LogP contribution in [0.1, 0.15) is 25.0 Å². The molecule has 0 N–H and O–H groups in total. The average Bonchev–Trinajstić information content (AvgIpc) is 2.81. The third-order valence-electron chi connectivity index (χ3n) is 2.42. The Kier molecular flexibility index (Phi) is 1.87. The molecule has 1 aromatic heterocycles. The summed E-state index contributed by atoms with van der Waals surface area (Å²) in [4.78, 5) is 0. The van der Waals surface area contributed by atoms with Crippen LogP contribution < -0.4 is 0 Å². The maximum atomic E-state index is 8.72. The summed E-state index contributed by atoms with van der Waals surface area (Å²) in [5.41, 5.74) is 0.788. The van der Waals surface area contributed by atoms with Crippen molar-refractivity contribution in [3.63, 3.8) is 0 Å². The van der Waals surface area contributed by atoms with Crippen LogP contribution in [0.5, 0.6) is 0 Å². The van der Waals surface area contributed by atoms with Crippen molar-refractivity contribution < 1.29 is 0 Å².